The molecule has 0 unspecified atom stereocenters. The molecule has 0 bridgehead atoms. The Morgan fingerprint density at radius 2 is 1.95 bits per heavy atom. The molecule has 0 aliphatic rings. The molecule has 0 aliphatic heterocycles. The van der Waals surface area contributed by atoms with Crippen LogP contribution in [0.15, 0.2) is 27.6 Å². The minimum absolute atomic E-state index is 0. The van der Waals surface area contributed by atoms with Crippen molar-refractivity contribution in [1.29, 1.82) is 0 Å². The van der Waals surface area contributed by atoms with Crippen LogP contribution >= 0.6 is 28.3 Å². The van der Waals surface area contributed by atoms with E-state index in [2.05, 4.69) is 26.0 Å². The highest BCUT2D eigenvalue weighted by molar-refractivity contribution is 9.10. The molecule has 0 saturated heterocycles. The van der Waals surface area contributed by atoms with Gasteiger partial charge in [-0.25, -0.2) is 13.1 Å². The zero-order valence-corrected chi connectivity index (χ0v) is 14.7. The standard InChI is InChI=1S/C12H19BrN2O3S.ClH/c1-10-3-4-11(13)9-12(10)19(16,17)15-6-5-14-7-8-18-2;/h3-4,9,14-15H,5-8H2,1-2H3;1H. The van der Waals surface area contributed by atoms with Gasteiger partial charge < -0.3 is 10.1 Å². The number of benzene rings is 1. The van der Waals surface area contributed by atoms with Crippen molar-refractivity contribution in [3.63, 3.8) is 0 Å². The summed E-state index contributed by atoms with van der Waals surface area (Å²) < 4.78 is 32.4. The molecule has 0 aliphatic carbocycles. The number of methoxy groups -OCH3 is 1. The van der Waals surface area contributed by atoms with E-state index in [1.807, 2.05) is 6.07 Å². The molecule has 2 N–H and O–H groups in total. The molecule has 0 radical (unpaired) electrons. The Bertz CT molecular complexity index is 511. The average molecular weight is 388 g/mol. The predicted molar refractivity (Wildman–Crippen MR) is 86.1 cm³/mol. The number of sulfonamides is 1. The fourth-order valence-corrected chi connectivity index (χ4v) is 3.33. The lowest BCUT2D eigenvalue weighted by molar-refractivity contribution is 0.199. The molecule has 0 saturated carbocycles. The van der Waals surface area contributed by atoms with Gasteiger partial charge in [-0.05, 0) is 24.6 Å². The van der Waals surface area contributed by atoms with Gasteiger partial charge in [-0.15, -0.1) is 12.4 Å². The van der Waals surface area contributed by atoms with Crippen LogP contribution in [0.4, 0.5) is 0 Å². The van der Waals surface area contributed by atoms with Gasteiger partial charge in [0.15, 0.2) is 0 Å². The Labute approximate surface area is 135 Å². The number of nitrogens with one attached hydrogen (secondary N) is 2. The summed E-state index contributed by atoms with van der Waals surface area (Å²) in [6, 6.07) is 5.20. The molecular formula is C12H20BrClN2O3S. The summed E-state index contributed by atoms with van der Waals surface area (Å²) in [4.78, 5) is 0.304. The van der Waals surface area contributed by atoms with Crippen LogP contribution in [-0.2, 0) is 14.8 Å². The van der Waals surface area contributed by atoms with Crippen molar-refractivity contribution in [1.82, 2.24) is 10.0 Å². The summed E-state index contributed by atoms with van der Waals surface area (Å²) in [5.74, 6) is 0. The highest BCUT2D eigenvalue weighted by Gasteiger charge is 2.16. The SMILES string of the molecule is COCCNCCNS(=O)(=O)c1cc(Br)ccc1C.Cl. The summed E-state index contributed by atoms with van der Waals surface area (Å²) in [6.07, 6.45) is 0. The lowest BCUT2D eigenvalue weighted by atomic mass is 10.2. The van der Waals surface area contributed by atoms with Crippen molar-refractivity contribution < 1.29 is 13.2 Å². The maximum absolute atomic E-state index is 12.1. The van der Waals surface area contributed by atoms with Crippen LogP contribution in [0.1, 0.15) is 5.56 Å². The third-order valence-electron chi connectivity index (χ3n) is 2.52. The van der Waals surface area contributed by atoms with Gasteiger partial charge in [0.25, 0.3) is 0 Å². The number of hydrogen-bond donors (Lipinski definition) is 2. The molecule has 116 valence electrons. The zero-order chi connectivity index (χ0) is 14.3. The fraction of sp³-hybridized carbons (Fsp3) is 0.500. The Morgan fingerprint density at radius 1 is 1.25 bits per heavy atom. The largest absolute Gasteiger partial charge is 0.383 e. The van der Waals surface area contributed by atoms with Gasteiger partial charge in [-0.3, -0.25) is 0 Å². The maximum atomic E-state index is 12.1. The van der Waals surface area contributed by atoms with Gasteiger partial charge in [0, 0.05) is 31.2 Å². The first-order valence-electron chi connectivity index (χ1n) is 5.93. The molecule has 0 atom stereocenters. The van der Waals surface area contributed by atoms with Crippen LogP contribution in [0.2, 0.25) is 0 Å². The van der Waals surface area contributed by atoms with Crippen molar-refractivity contribution >= 4 is 38.4 Å². The molecule has 0 aromatic heterocycles. The first kappa shape index (κ1) is 19.8. The molecular weight excluding hydrogens is 368 g/mol. The van der Waals surface area contributed by atoms with Gasteiger partial charge in [0.2, 0.25) is 10.0 Å². The minimum Gasteiger partial charge on any atom is -0.383 e. The van der Waals surface area contributed by atoms with Crippen molar-refractivity contribution in [3.8, 4) is 0 Å². The van der Waals surface area contributed by atoms with E-state index in [0.717, 1.165) is 10.0 Å². The fourth-order valence-electron chi connectivity index (χ4n) is 1.51. The van der Waals surface area contributed by atoms with Crippen molar-refractivity contribution in [2.24, 2.45) is 0 Å². The molecule has 0 amide bonds. The normalized spacial score (nSPS) is 11.2. The molecule has 1 rings (SSSR count). The summed E-state index contributed by atoms with van der Waals surface area (Å²) >= 11 is 3.28. The van der Waals surface area contributed by atoms with E-state index in [4.69, 9.17) is 4.74 Å². The molecule has 1 aromatic carbocycles. The highest BCUT2D eigenvalue weighted by Crippen LogP contribution is 2.20. The van der Waals surface area contributed by atoms with Gasteiger partial charge >= 0.3 is 0 Å². The van der Waals surface area contributed by atoms with Crippen LogP contribution in [0.3, 0.4) is 0 Å². The number of aryl methyl sites for hydroxylation is 1. The van der Waals surface area contributed by atoms with E-state index in [1.165, 1.54) is 0 Å². The van der Waals surface area contributed by atoms with Crippen LogP contribution in [0.25, 0.3) is 0 Å². The smallest absolute Gasteiger partial charge is 0.240 e. The van der Waals surface area contributed by atoms with E-state index in [9.17, 15) is 8.42 Å². The van der Waals surface area contributed by atoms with Crippen molar-refractivity contribution in [3.05, 3.63) is 28.2 Å². The van der Waals surface area contributed by atoms with Crippen LogP contribution in [0.5, 0.6) is 0 Å². The van der Waals surface area contributed by atoms with Gasteiger partial charge in [0.05, 0.1) is 11.5 Å². The lowest BCUT2D eigenvalue weighted by Gasteiger charge is -2.10. The zero-order valence-electron chi connectivity index (χ0n) is 11.5. The molecule has 0 fully saturated rings. The molecule has 1 aromatic rings. The first-order chi connectivity index (χ1) is 8.97. The summed E-state index contributed by atoms with van der Waals surface area (Å²) in [7, 11) is -1.83. The first-order valence-corrected chi connectivity index (χ1v) is 8.20. The maximum Gasteiger partial charge on any atom is 0.240 e. The Kier molecular flexibility index (Phi) is 9.61. The average Bonchev–Trinajstić information content (AvgIpc) is 2.36. The van der Waals surface area contributed by atoms with Crippen LogP contribution < -0.4 is 10.0 Å². The van der Waals surface area contributed by atoms with Crippen LogP contribution in [-0.4, -0.2) is 41.8 Å². The number of hydrogen-bond acceptors (Lipinski definition) is 4. The monoisotopic (exact) mass is 386 g/mol. The van der Waals surface area contributed by atoms with E-state index in [-0.39, 0.29) is 12.4 Å². The summed E-state index contributed by atoms with van der Waals surface area (Å²) in [5.41, 5.74) is 0.725. The topological polar surface area (TPSA) is 67.4 Å². The van der Waals surface area contributed by atoms with Gasteiger partial charge in [-0.2, -0.15) is 0 Å². The minimum atomic E-state index is -3.46. The lowest BCUT2D eigenvalue weighted by Crippen LogP contribution is -2.33. The Morgan fingerprint density at radius 3 is 2.60 bits per heavy atom. The number of halogens is 2. The second-order valence-electron chi connectivity index (χ2n) is 4.05. The van der Waals surface area contributed by atoms with E-state index >= 15 is 0 Å². The second-order valence-corrected chi connectivity index (χ2v) is 6.70. The third-order valence-corrected chi connectivity index (χ3v) is 4.61. The molecule has 8 heteroatoms. The van der Waals surface area contributed by atoms with Crippen molar-refractivity contribution in [2.75, 3.05) is 33.4 Å². The molecule has 5 nitrogen and oxygen atoms in total. The predicted octanol–water partition coefficient (Wildman–Crippen LogP) is 1.69. The second kappa shape index (κ2) is 9.70. The molecule has 20 heavy (non-hydrogen) atoms. The molecule has 0 heterocycles. The van der Waals surface area contributed by atoms with E-state index in [0.29, 0.717) is 31.1 Å². The van der Waals surface area contributed by atoms with Gasteiger partial charge in [-0.1, -0.05) is 22.0 Å². The third kappa shape index (κ3) is 6.51. The van der Waals surface area contributed by atoms with Crippen molar-refractivity contribution in [2.45, 2.75) is 11.8 Å². The Hall–Kier alpha value is -0.180. The molecule has 0 spiro atoms. The van der Waals surface area contributed by atoms with Gasteiger partial charge in [0.1, 0.15) is 0 Å². The van der Waals surface area contributed by atoms with Crippen LogP contribution in [0, 0.1) is 6.92 Å². The number of ether oxygens (including phenoxy) is 1. The van der Waals surface area contributed by atoms with E-state index in [1.54, 1.807) is 26.2 Å². The highest BCUT2D eigenvalue weighted by atomic mass is 79.9. The summed E-state index contributed by atoms with van der Waals surface area (Å²) in [5, 5.41) is 3.08. The quantitative estimate of drug-likeness (QED) is 0.666. The number of rotatable bonds is 8. The Balaban J connectivity index is 0.00000361. The summed E-state index contributed by atoms with van der Waals surface area (Å²) in [6.45, 7) is 4.00. The van der Waals surface area contributed by atoms with E-state index < -0.39 is 10.0 Å².